The van der Waals surface area contributed by atoms with Crippen molar-refractivity contribution in [3.63, 3.8) is 0 Å². The van der Waals surface area contributed by atoms with E-state index in [1.165, 1.54) is 0 Å². The number of thioether (sulfide) groups is 1. The molecule has 0 spiro atoms. The van der Waals surface area contributed by atoms with Crippen molar-refractivity contribution < 1.29 is 14.3 Å². The molecule has 6 heteroatoms. The molecule has 0 radical (unpaired) electrons. The van der Waals surface area contributed by atoms with Crippen molar-refractivity contribution >= 4 is 17.7 Å². The van der Waals surface area contributed by atoms with Gasteiger partial charge in [0.05, 0.1) is 26.0 Å². The van der Waals surface area contributed by atoms with Crippen LogP contribution >= 0.6 is 11.8 Å². The first kappa shape index (κ1) is 19.5. The van der Waals surface area contributed by atoms with Gasteiger partial charge < -0.3 is 14.4 Å². The minimum absolute atomic E-state index is 0.0825. The van der Waals surface area contributed by atoms with Crippen molar-refractivity contribution in [3.8, 4) is 11.5 Å². The number of hydrogen-bond donors (Lipinski definition) is 0. The Morgan fingerprint density at radius 2 is 2.15 bits per heavy atom. The average molecular weight is 387 g/mol. The Balaban J connectivity index is 1.58. The Hall–Kier alpha value is -2.21. The number of carbonyl (C=O) groups is 1. The van der Waals surface area contributed by atoms with Crippen LogP contribution < -0.4 is 9.47 Å². The summed E-state index contributed by atoms with van der Waals surface area (Å²) in [7, 11) is 3.30. The molecule has 5 nitrogen and oxygen atoms in total. The number of likely N-dealkylation sites (tertiary alicyclic amines) is 1. The molecule has 1 saturated heterocycles. The summed E-state index contributed by atoms with van der Waals surface area (Å²) in [5.41, 5.74) is 2.11. The van der Waals surface area contributed by atoms with Crippen molar-refractivity contribution in [2.75, 3.05) is 26.5 Å². The third kappa shape index (κ3) is 4.95. The van der Waals surface area contributed by atoms with Crippen LogP contribution in [-0.4, -0.2) is 42.3 Å². The first-order chi connectivity index (χ1) is 13.2. The van der Waals surface area contributed by atoms with E-state index in [9.17, 15) is 4.79 Å². The lowest BCUT2D eigenvalue weighted by atomic mass is 10.0. The summed E-state index contributed by atoms with van der Waals surface area (Å²) in [5, 5.41) is 0. The van der Waals surface area contributed by atoms with E-state index in [4.69, 9.17) is 9.47 Å². The van der Waals surface area contributed by atoms with Crippen LogP contribution in [0.3, 0.4) is 0 Å². The largest absolute Gasteiger partial charge is 0.497 e. The van der Waals surface area contributed by atoms with Crippen LogP contribution in [0.2, 0.25) is 0 Å². The molecule has 1 amide bonds. The highest BCUT2D eigenvalue weighted by Crippen LogP contribution is 2.39. The van der Waals surface area contributed by atoms with Gasteiger partial charge in [-0.25, -0.2) is 0 Å². The molecular weight excluding hydrogens is 360 g/mol. The molecule has 2 aromatic rings. The van der Waals surface area contributed by atoms with Gasteiger partial charge in [0.1, 0.15) is 11.5 Å². The van der Waals surface area contributed by atoms with Crippen LogP contribution in [0, 0.1) is 0 Å². The average Bonchev–Trinajstić information content (AvgIpc) is 3.21. The second-order valence-electron chi connectivity index (χ2n) is 6.48. The van der Waals surface area contributed by atoms with Crippen LogP contribution in [0.4, 0.5) is 0 Å². The molecule has 3 rings (SSSR count). The maximum atomic E-state index is 12.8. The normalized spacial score (nSPS) is 16.4. The molecule has 0 saturated carbocycles. The third-order valence-corrected chi connectivity index (χ3v) is 5.80. The number of ether oxygens (including phenoxy) is 2. The maximum absolute atomic E-state index is 12.8. The third-order valence-electron chi connectivity index (χ3n) is 4.81. The topological polar surface area (TPSA) is 51.7 Å². The minimum Gasteiger partial charge on any atom is -0.497 e. The van der Waals surface area contributed by atoms with E-state index < -0.39 is 0 Å². The van der Waals surface area contributed by atoms with Gasteiger partial charge in [0.2, 0.25) is 5.91 Å². The molecule has 144 valence electrons. The molecule has 0 N–H and O–H groups in total. The zero-order valence-corrected chi connectivity index (χ0v) is 16.7. The Bertz CT molecular complexity index is 754. The Labute approximate surface area is 165 Å². The first-order valence-electron chi connectivity index (χ1n) is 9.22. The Morgan fingerprint density at radius 1 is 1.26 bits per heavy atom. The van der Waals surface area contributed by atoms with E-state index in [2.05, 4.69) is 4.98 Å². The fraction of sp³-hybridized carbons (Fsp3) is 0.429. The summed E-state index contributed by atoms with van der Waals surface area (Å²) >= 11 is 1.75. The van der Waals surface area contributed by atoms with E-state index in [0.29, 0.717) is 6.42 Å². The maximum Gasteiger partial charge on any atom is 0.223 e. The number of methoxy groups -OCH3 is 2. The summed E-state index contributed by atoms with van der Waals surface area (Å²) in [4.78, 5) is 19.1. The van der Waals surface area contributed by atoms with Gasteiger partial charge in [0, 0.05) is 42.3 Å². The summed E-state index contributed by atoms with van der Waals surface area (Å²) in [6, 6.07) is 11.8. The summed E-state index contributed by atoms with van der Waals surface area (Å²) in [6.07, 6.45) is 4.34. The Morgan fingerprint density at radius 3 is 2.89 bits per heavy atom. The van der Waals surface area contributed by atoms with Crippen molar-refractivity contribution in [3.05, 3.63) is 53.9 Å². The second-order valence-corrected chi connectivity index (χ2v) is 7.58. The van der Waals surface area contributed by atoms with Crippen molar-refractivity contribution in [2.45, 2.75) is 31.1 Å². The highest BCUT2D eigenvalue weighted by Gasteiger charge is 2.31. The van der Waals surface area contributed by atoms with Gasteiger partial charge in [-0.1, -0.05) is 6.07 Å². The number of carbonyl (C=O) groups excluding carboxylic acids is 1. The van der Waals surface area contributed by atoms with Gasteiger partial charge in [-0.15, -0.1) is 0 Å². The van der Waals surface area contributed by atoms with E-state index in [0.717, 1.165) is 53.6 Å². The lowest BCUT2D eigenvalue weighted by Gasteiger charge is -2.26. The predicted octanol–water partition coefficient (Wildman–Crippen LogP) is 4.09. The highest BCUT2D eigenvalue weighted by atomic mass is 32.2. The van der Waals surface area contributed by atoms with Crippen LogP contribution in [0.1, 0.15) is 36.6 Å². The van der Waals surface area contributed by atoms with E-state index in [1.807, 2.05) is 41.3 Å². The van der Waals surface area contributed by atoms with Crippen molar-refractivity contribution in [1.29, 1.82) is 0 Å². The Kier molecular flexibility index (Phi) is 6.98. The molecule has 0 bridgehead atoms. The SMILES string of the molecule is COc1ccc([C@H]2CCCN2C(=O)CCSCc2ccccn2)c(OC)c1. The molecule has 1 fully saturated rings. The number of benzene rings is 1. The molecule has 1 atom stereocenters. The fourth-order valence-corrected chi connectivity index (χ4v) is 4.29. The highest BCUT2D eigenvalue weighted by molar-refractivity contribution is 7.98. The molecular formula is C21H26N2O3S. The lowest BCUT2D eigenvalue weighted by Crippen LogP contribution is -2.31. The zero-order valence-electron chi connectivity index (χ0n) is 15.9. The molecule has 0 aliphatic carbocycles. The van der Waals surface area contributed by atoms with Crippen molar-refractivity contribution in [2.24, 2.45) is 0 Å². The number of aromatic nitrogens is 1. The lowest BCUT2D eigenvalue weighted by molar-refractivity contribution is -0.131. The summed E-state index contributed by atoms with van der Waals surface area (Å²) in [6.45, 7) is 0.809. The number of amides is 1. The predicted molar refractivity (Wildman–Crippen MR) is 108 cm³/mol. The number of pyridine rings is 1. The first-order valence-corrected chi connectivity index (χ1v) is 10.4. The standard InChI is InChI=1S/C21H26N2O3S/c1-25-17-8-9-18(20(14-17)26-2)19-7-5-12-23(19)21(24)10-13-27-15-16-6-3-4-11-22-16/h3-4,6,8-9,11,14,19H,5,7,10,12-13,15H2,1-2H3/t19-/m1/s1. The van der Waals surface area contributed by atoms with Gasteiger partial charge in [0.15, 0.2) is 0 Å². The van der Waals surface area contributed by atoms with Gasteiger partial charge in [-0.05, 0) is 37.1 Å². The second kappa shape index (κ2) is 9.65. The molecule has 1 aliphatic rings. The van der Waals surface area contributed by atoms with Crippen molar-refractivity contribution in [1.82, 2.24) is 9.88 Å². The molecule has 1 aliphatic heterocycles. The fourth-order valence-electron chi connectivity index (χ4n) is 3.45. The number of nitrogens with zero attached hydrogens (tertiary/aromatic N) is 2. The zero-order chi connectivity index (χ0) is 19.1. The van der Waals surface area contributed by atoms with Crippen LogP contribution in [0.25, 0.3) is 0 Å². The molecule has 1 aromatic heterocycles. The van der Waals surface area contributed by atoms with Gasteiger partial charge >= 0.3 is 0 Å². The number of hydrogen-bond acceptors (Lipinski definition) is 5. The molecule has 1 aromatic carbocycles. The number of rotatable bonds is 8. The summed E-state index contributed by atoms with van der Waals surface area (Å²) in [5.74, 6) is 3.40. The van der Waals surface area contributed by atoms with E-state index in [1.54, 1.807) is 32.2 Å². The van der Waals surface area contributed by atoms with Crippen LogP contribution in [-0.2, 0) is 10.5 Å². The van der Waals surface area contributed by atoms with Gasteiger partial charge in [0.25, 0.3) is 0 Å². The summed E-state index contributed by atoms with van der Waals surface area (Å²) < 4.78 is 10.8. The molecule has 2 heterocycles. The molecule has 27 heavy (non-hydrogen) atoms. The van der Waals surface area contributed by atoms with Crippen LogP contribution in [0.5, 0.6) is 11.5 Å². The monoisotopic (exact) mass is 386 g/mol. The van der Waals surface area contributed by atoms with E-state index in [-0.39, 0.29) is 11.9 Å². The van der Waals surface area contributed by atoms with Gasteiger partial charge in [-0.2, -0.15) is 11.8 Å². The smallest absolute Gasteiger partial charge is 0.223 e. The quantitative estimate of drug-likeness (QED) is 0.640. The minimum atomic E-state index is 0.0825. The molecule has 0 unspecified atom stereocenters. The van der Waals surface area contributed by atoms with E-state index >= 15 is 0 Å². The van der Waals surface area contributed by atoms with Gasteiger partial charge in [-0.3, -0.25) is 9.78 Å². The van der Waals surface area contributed by atoms with Crippen LogP contribution in [0.15, 0.2) is 42.6 Å².